The summed E-state index contributed by atoms with van der Waals surface area (Å²) in [4.78, 5) is 14.5. The van der Waals surface area contributed by atoms with Crippen LogP contribution in [0.3, 0.4) is 0 Å². The van der Waals surface area contributed by atoms with Gasteiger partial charge in [-0.1, -0.05) is 30.3 Å². The zero-order valence-electron chi connectivity index (χ0n) is 17.0. The Morgan fingerprint density at radius 2 is 1.41 bits per heavy atom. The van der Waals surface area contributed by atoms with Gasteiger partial charge in [0.1, 0.15) is 11.3 Å². The molecule has 2 atom stereocenters. The summed E-state index contributed by atoms with van der Waals surface area (Å²) in [5.41, 5.74) is -4.42. The number of likely N-dealkylation sites (tertiary alicyclic amines) is 1. The van der Waals surface area contributed by atoms with Gasteiger partial charge in [-0.25, -0.2) is 17.6 Å². The summed E-state index contributed by atoms with van der Waals surface area (Å²) in [5.74, 6) is -9.92. The first-order valence-corrected chi connectivity index (χ1v) is 9.90. The number of hydrogen-bond acceptors (Lipinski definition) is 2. The molecular weight excluding hydrogens is 441 g/mol. The molecule has 10 heteroatoms. The van der Waals surface area contributed by atoms with Crippen LogP contribution in [0.5, 0.6) is 0 Å². The molecule has 1 N–H and O–H groups in total. The zero-order valence-corrected chi connectivity index (χ0v) is 17.0. The first-order valence-electron chi connectivity index (χ1n) is 9.90. The molecule has 1 saturated carbocycles. The lowest BCUT2D eigenvalue weighted by molar-refractivity contribution is -0.143. The summed E-state index contributed by atoms with van der Waals surface area (Å²) >= 11 is 0. The Balaban J connectivity index is 1.51. The number of nitrogens with one attached hydrogen (secondary N) is 1. The number of carbonyl (C=O) groups is 1. The maximum Gasteiger partial charge on any atom is 0.422 e. The van der Waals surface area contributed by atoms with Crippen LogP contribution in [0.15, 0.2) is 30.3 Å². The van der Waals surface area contributed by atoms with E-state index >= 15 is 0 Å². The molecule has 0 spiro atoms. The molecule has 4 rings (SSSR count). The average Bonchev–Trinajstić information content (AvgIpc) is 3.22. The standard InChI is InChI=1S/C22H19F7N2O/c1-21(2,31-8-11-12(9-31)13(11)10-6-4-3-5-7-10)20(32)30-19-17(25)15(23)14(22(27,28)29)16(24)18(19)26/h3-7,11-13H,8-9H2,1-2H3,(H,30,32). The van der Waals surface area contributed by atoms with Crippen molar-refractivity contribution in [3.05, 3.63) is 64.7 Å². The summed E-state index contributed by atoms with van der Waals surface area (Å²) in [7, 11) is 0. The molecular formula is C22H19F7N2O. The van der Waals surface area contributed by atoms with E-state index in [1.807, 2.05) is 30.3 Å². The fourth-order valence-electron chi connectivity index (χ4n) is 4.55. The van der Waals surface area contributed by atoms with Crippen LogP contribution in [0.1, 0.15) is 30.9 Å². The van der Waals surface area contributed by atoms with Crippen LogP contribution in [0.25, 0.3) is 0 Å². The first-order chi connectivity index (χ1) is 14.9. The molecule has 1 aliphatic heterocycles. The fraction of sp³-hybridized carbons (Fsp3) is 0.409. The number of amides is 1. The highest BCUT2D eigenvalue weighted by Gasteiger charge is 2.59. The van der Waals surface area contributed by atoms with Crippen LogP contribution in [-0.2, 0) is 11.0 Å². The summed E-state index contributed by atoms with van der Waals surface area (Å²) in [6, 6.07) is 9.81. The molecule has 0 bridgehead atoms. The number of carbonyl (C=O) groups excluding carboxylic acids is 1. The number of alkyl halides is 3. The number of fused-ring (bicyclic) bond motifs is 1. The van der Waals surface area contributed by atoms with Crippen LogP contribution in [-0.4, -0.2) is 29.4 Å². The highest BCUT2D eigenvalue weighted by Crippen LogP contribution is 2.59. The topological polar surface area (TPSA) is 32.3 Å². The van der Waals surface area contributed by atoms with E-state index in [-0.39, 0.29) is 0 Å². The van der Waals surface area contributed by atoms with E-state index < -0.39 is 52.1 Å². The summed E-state index contributed by atoms with van der Waals surface area (Å²) in [6.07, 6.45) is -5.65. The maximum atomic E-state index is 14.2. The van der Waals surface area contributed by atoms with Crippen molar-refractivity contribution in [2.24, 2.45) is 11.8 Å². The van der Waals surface area contributed by atoms with Crippen molar-refractivity contribution in [1.82, 2.24) is 4.90 Å². The highest BCUT2D eigenvalue weighted by molar-refractivity contribution is 5.97. The molecule has 2 aliphatic rings. The van der Waals surface area contributed by atoms with E-state index in [2.05, 4.69) is 0 Å². The number of rotatable bonds is 4. The largest absolute Gasteiger partial charge is 0.422 e. The number of nitrogens with zero attached hydrogens (tertiary/aromatic N) is 1. The molecule has 32 heavy (non-hydrogen) atoms. The molecule has 172 valence electrons. The van der Waals surface area contributed by atoms with E-state index in [0.717, 1.165) is 0 Å². The summed E-state index contributed by atoms with van der Waals surface area (Å²) in [5, 5.41) is 1.75. The van der Waals surface area contributed by atoms with Gasteiger partial charge in [0.2, 0.25) is 5.91 Å². The van der Waals surface area contributed by atoms with E-state index in [1.54, 1.807) is 10.2 Å². The van der Waals surface area contributed by atoms with E-state index in [1.165, 1.54) is 19.4 Å². The van der Waals surface area contributed by atoms with Gasteiger partial charge in [0, 0.05) is 13.1 Å². The minimum atomic E-state index is -5.65. The molecule has 2 unspecified atom stereocenters. The van der Waals surface area contributed by atoms with Crippen molar-refractivity contribution < 1.29 is 35.5 Å². The predicted molar refractivity (Wildman–Crippen MR) is 102 cm³/mol. The van der Waals surface area contributed by atoms with Gasteiger partial charge < -0.3 is 5.32 Å². The van der Waals surface area contributed by atoms with Gasteiger partial charge in [0.05, 0.1) is 5.54 Å². The number of piperidine rings is 1. The number of hydrogen-bond donors (Lipinski definition) is 1. The van der Waals surface area contributed by atoms with Crippen molar-refractivity contribution in [2.75, 3.05) is 18.4 Å². The van der Waals surface area contributed by atoms with Crippen molar-refractivity contribution in [1.29, 1.82) is 0 Å². The second kappa shape index (κ2) is 7.47. The molecule has 0 radical (unpaired) electrons. The minimum Gasteiger partial charge on any atom is -0.319 e. The van der Waals surface area contributed by atoms with Gasteiger partial charge in [-0.3, -0.25) is 9.69 Å². The van der Waals surface area contributed by atoms with Gasteiger partial charge in [-0.2, -0.15) is 13.2 Å². The third-order valence-electron chi connectivity index (χ3n) is 6.51. The molecule has 2 fully saturated rings. The van der Waals surface area contributed by atoms with Crippen LogP contribution >= 0.6 is 0 Å². The monoisotopic (exact) mass is 460 g/mol. The van der Waals surface area contributed by atoms with Gasteiger partial charge in [-0.05, 0) is 37.2 Å². The van der Waals surface area contributed by atoms with Crippen molar-refractivity contribution >= 4 is 11.6 Å². The Hall–Kier alpha value is -2.62. The Kier molecular flexibility index (Phi) is 5.27. The second-order valence-electron chi connectivity index (χ2n) is 8.69. The lowest BCUT2D eigenvalue weighted by atomic mass is 9.99. The molecule has 1 aliphatic carbocycles. The van der Waals surface area contributed by atoms with Crippen LogP contribution in [0.2, 0.25) is 0 Å². The molecule has 1 amide bonds. The Morgan fingerprint density at radius 1 is 0.906 bits per heavy atom. The van der Waals surface area contributed by atoms with Crippen molar-refractivity contribution in [2.45, 2.75) is 31.5 Å². The summed E-state index contributed by atoms with van der Waals surface area (Å²) < 4.78 is 94.2. The first kappa shape index (κ1) is 22.6. The van der Waals surface area contributed by atoms with E-state index in [9.17, 15) is 35.5 Å². The molecule has 2 aromatic carbocycles. The second-order valence-corrected chi connectivity index (χ2v) is 8.69. The SMILES string of the molecule is CC(C)(C(=O)Nc1c(F)c(F)c(C(F)(F)F)c(F)c1F)N1CC2C(C1)C2c1ccccc1. The van der Waals surface area contributed by atoms with Crippen molar-refractivity contribution in [3.63, 3.8) is 0 Å². The molecule has 0 aromatic heterocycles. The third-order valence-corrected chi connectivity index (χ3v) is 6.51. The Morgan fingerprint density at radius 3 is 1.88 bits per heavy atom. The smallest absolute Gasteiger partial charge is 0.319 e. The van der Waals surface area contributed by atoms with Gasteiger partial charge in [0.25, 0.3) is 0 Å². The third kappa shape index (κ3) is 3.54. The predicted octanol–water partition coefficient (Wildman–Crippen LogP) is 5.32. The van der Waals surface area contributed by atoms with Crippen LogP contribution < -0.4 is 5.32 Å². The fourth-order valence-corrected chi connectivity index (χ4v) is 4.55. The number of halogens is 7. The molecule has 1 saturated heterocycles. The Bertz CT molecular complexity index is 1030. The van der Waals surface area contributed by atoms with Crippen molar-refractivity contribution in [3.8, 4) is 0 Å². The quantitative estimate of drug-likeness (QED) is 0.495. The van der Waals surface area contributed by atoms with Crippen LogP contribution in [0, 0.1) is 35.1 Å². The molecule has 3 nitrogen and oxygen atoms in total. The lowest BCUT2D eigenvalue weighted by Gasteiger charge is -2.35. The summed E-state index contributed by atoms with van der Waals surface area (Å²) in [6.45, 7) is 3.98. The molecule has 2 aromatic rings. The van der Waals surface area contributed by atoms with Gasteiger partial charge in [-0.15, -0.1) is 0 Å². The Labute approximate surface area is 179 Å². The highest BCUT2D eigenvalue weighted by atomic mass is 19.4. The van der Waals surface area contributed by atoms with Gasteiger partial charge in [0.15, 0.2) is 23.3 Å². The zero-order chi connectivity index (χ0) is 23.6. The minimum absolute atomic E-state index is 0.291. The lowest BCUT2D eigenvalue weighted by Crippen LogP contribution is -2.52. The maximum absolute atomic E-state index is 14.2. The van der Waals surface area contributed by atoms with E-state index in [0.29, 0.717) is 30.8 Å². The average molecular weight is 460 g/mol. The number of anilines is 1. The van der Waals surface area contributed by atoms with Crippen LogP contribution in [0.4, 0.5) is 36.4 Å². The normalized spacial score (nSPS) is 23.2. The van der Waals surface area contributed by atoms with E-state index in [4.69, 9.17) is 0 Å². The number of benzene rings is 2. The molecule has 1 heterocycles. The van der Waals surface area contributed by atoms with Gasteiger partial charge >= 0.3 is 6.18 Å².